The van der Waals surface area contributed by atoms with Gasteiger partial charge in [0.2, 0.25) is 0 Å². The molecule has 0 aromatic heterocycles. The summed E-state index contributed by atoms with van der Waals surface area (Å²) in [5.41, 5.74) is 5.30. The maximum absolute atomic E-state index is 9.94. The smallest absolute Gasteiger partial charge is 0.293 e. The maximum atomic E-state index is 9.94. The molecule has 0 spiro atoms. The van der Waals surface area contributed by atoms with Gasteiger partial charge in [-0.3, -0.25) is 4.79 Å². The zero-order valence-corrected chi connectivity index (χ0v) is 6.76. The van der Waals surface area contributed by atoms with Crippen LogP contribution in [0.3, 0.4) is 0 Å². The van der Waals surface area contributed by atoms with Crippen LogP contribution < -0.4 is 5.73 Å². The van der Waals surface area contributed by atoms with Crippen molar-refractivity contribution in [1.29, 1.82) is 0 Å². The Hall–Kier alpha value is -0.570. The lowest BCUT2D eigenvalue weighted by Gasteiger charge is -2.27. The highest BCUT2D eigenvalue weighted by atomic mass is 16.5. The van der Waals surface area contributed by atoms with E-state index < -0.39 is 0 Å². The van der Waals surface area contributed by atoms with Crippen LogP contribution in [-0.2, 0) is 9.53 Å². The second-order valence-electron chi connectivity index (χ2n) is 3.32. The summed E-state index contributed by atoms with van der Waals surface area (Å²) in [6.07, 6.45) is -0.176. The number of hydrogen-bond donors (Lipinski definition) is 1. The van der Waals surface area contributed by atoms with Gasteiger partial charge >= 0.3 is 0 Å². The molecule has 3 nitrogen and oxygen atoms in total. The lowest BCUT2D eigenvalue weighted by atomic mass is 9.89. The number of nitrogens with two attached hydrogens (primary N) is 1. The van der Waals surface area contributed by atoms with Crippen LogP contribution in [0.25, 0.3) is 0 Å². The molecule has 0 heterocycles. The first-order valence-electron chi connectivity index (χ1n) is 3.31. The van der Waals surface area contributed by atoms with Crippen molar-refractivity contribution in [2.45, 2.75) is 26.9 Å². The molecule has 2 N–H and O–H groups in total. The van der Waals surface area contributed by atoms with Crippen LogP contribution in [-0.4, -0.2) is 19.1 Å². The molecule has 0 rings (SSSR count). The quantitative estimate of drug-likeness (QED) is 0.589. The maximum Gasteiger partial charge on any atom is 0.293 e. The van der Waals surface area contributed by atoms with E-state index in [-0.39, 0.29) is 11.5 Å². The van der Waals surface area contributed by atoms with Crippen LogP contribution >= 0.6 is 0 Å². The van der Waals surface area contributed by atoms with E-state index in [0.717, 1.165) is 0 Å². The fraction of sp³-hybridized carbons (Fsp3) is 0.857. The van der Waals surface area contributed by atoms with Crippen molar-refractivity contribution in [2.75, 3.05) is 6.54 Å². The van der Waals surface area contributed by atoms with Crippen molar-refractivity contribution in [2.24, 2.45) is 11.1 Å². The first-order chi connectivity index (χ1) is 4.52. The highest BCUT2D eigenvalue weighted by molar-refractivity contribution is 5.37. The van der Waals surface area contributed by atoms with Crippen molar-refractivity contribution < 1.29 is 9.53 Å². The third kappa shape index (κ3) is 2.82. The highest BCUT2D eigenvalue weighted by Crippen LogP contribution is 2.20. The van der Waals surface area contributed by atoms with E-state index in [0.29, 0.717) is 13.0 Å². The van der Waals surface area contributed by atoms with Crippen molar-refractivity contribution >= 4 is 6.47 Å². The van der Waals surface area contributed by atoms with E-state index in [4.69, 9.17) is 10.5 Å². The molecule has 0 saturated heterocycles. The zero-order valence-electron chi connectivity index (χ0n) is 6.76. The van der Waals surface area contributed by atoms with Crippen molar-refractivity contribution in [3.63, 3.8) is 0 Å². The van der Waals surface area contributed by atoms with Gasteiger partial charge in [0.15, 0.2) is 0 Å². The molecular formula is C7H15NO2. The van der Waals surface area contributed by atoms with Crippen molar-refractivity contribution in [1.82, 2.24) is 0 Å². The van der Waals surface area contributed by atoms with Crippen LogP contribution in [0.1, 0.15) is 20.8 Å². The van der Waals surface area contributed by atoms with E-state index in [1.165, 1.54) is 0 Å². The molecule has 0 aromatic rings. The minimum atomic E-state index is -0.176. The lowest BCUT2D eigenvalue weighted by molar-refractivity contribution is -0.138. The van der Waals surface area contributed by atoms with Crippen LogP contribution in [0.4, 0.5) is 0 Å². The highest BCUT2D eigenvalue weighted by Gasteiger charge is 2.24. The van der Waals surface area contributed by atoms with E-state index in [1.807, 2.05) is 20.8 Å². The summed E-state index contributed by atoms with van der Waals surface area (Å²) in [7, 11) is 0. The van der Waals surface area contributed by atoms with Crippen LogP contribution in [0.15, 0.2) is 0 Å². The van der Waals surface area contributed by atoms with Crippen molar-refractivity contribution in [3.8, 4) is 0 Å². The fourth-order valence-electron chi connectivity index (χ4n) is 0.680. The second-order valence-corrected chi connectivity index (χ2v) is 3.32. The van der Waals surface area contributed by atoms with Crippen LogP contribution in [0.2, 0.25) is 0 Å². The Morgan fingerprint density at radius 2 is 2.10 bits per heavy atom. The van der Waals surface area contributed by atoms with Gasteiger partial charge in [0.1, 0.15) is 6.10 Å². The van der Waals surface area contributed by atoms with Crippen molar-refractivity contribution in [3.05, 3.63) is 0 Å². The summed E-state index contributed by atoms with van der Waals surface area (Å²) in [4.78, 5) is 9.94. The third-order valence-corrected chi connectivity index (χ3v) is 1.40. The number of ether oxygens (including phenoxy) is 1. The molecule has 0 radical (unpaired) electrons. The van der Waals surface area contributed by atoms with Gasteiger partial charge in [-0.1, -0.05) is 20.8 Å². The minimum absolute atomic E-state index is 0.0599. The minimum Gasteiger partial charge on any atom is -0.463 e. The summed E-state index contributed by atoms with van der Waals surface area (Å²) in [6, 6.07) is 0. The topological polar surface area (TPSA) is 52.3 Å². The fourth-order valence-corrected chi connectivity index (χ4v) is 0.680. The van der Waals surface area contributed by atoms with Gasteiger partial charge in [0.25, 0.3) is 6.47 Å². The predicted molar refractivity (Wildman–Crippen MR) is 39.4 cm³/mol. The third-order valence-electron chi connectivity index (χ3n) is 1.40. The monoisotopic (exact) mass is 145 g/mol. The number of hydrogen-bond acceptors (Lipinski definition) is 3. The van der Waals surface area contributed by atoms with Gasteiger partial charge in [0, 0.05) is 12.0 Å². The lowest BCUT2D eigenvalue weighted by Crippen LogP contribution is -2.35. The van der Waals surface area contributed by atoms with E-state index in [1.54, 1.807) is 0 Å². The molecule has 0 aliphatic rings. The normalized spacial score (nSPS) is 14.4. The average Bonchev–Trinajstić information content (AvgIpc) is 1.80. The summed E-state index contributed by atoms with van der Waals surface area (Å²) < 4.78 is 4.75. The molecule has 1 atom stereocenters. The molecule has 0 bridgehead atoms. The summed E-state index contributed by atoms with van der Waals surface area (Å²) in [5, 5.41) is 0. The number of rotatable bonds is 3. The molecule has 0 aliphatic carbocycles. The van der Waals surface area contributed by atoms with E-state index in [2.05, 4.69) is 0 Å². The molecule has 0 amide bonds. The summed E-state index contributed by atoms with van der Waals surface area (Å²) in [6.45, 7) is 6.76. The first kappa shape index (κ1) is 9.43. The molecule has 1 unspecified atom stereocenters. The molecular weight excluding hydrogens is 130 g/mol. The zero-order chi connectivity index (χ0) is 8.20. The van der Waals surface area contributed by atoms with Gasteiger partial charge < -0.3 is 10.5 Å². The molecule has 0 saturated carbocycles. The molecule has 0 fully saturated rings. The molecule has 0 aliphatic heterocycles. The SMILES string of the molecule is CC(C)(C)C(CN)OC=O. The summed E-state index contributed by atoms with van der Waals surface area (Å²) in [5.74, 6) is 0. The van der Waals surface area contributed by atoms with Gasteiger partial charge in [-0.05, 0) is 0 Å². The standard InChI is InChI=1S/C7H15NO2/c1-7(2,3)6(4-8)10-5-9/h5-6H,4,8H2,1-3H3. The van der Waals surface area contributed by atoms with Gasteiger partial charge in [-0.15, -0.1) is 0 Å². The first-order valence-corrected chi connectivity index (χ1v) is 3.31. The Bertz CT molecular complexity index is 107. The Balaban J connectivity index is 3.92. The molecule has 3 heteroatoms. The molecule has 0 aromatic carbocycles. The predicted octanol–water partition coefficient (Wildman–Crippen LogP) is 0.533. The van der Waals surface area contributed by atoms with Gasteiger partial charge in [-0.2, -0.15) is 0 Å². The molecule has 10 heavy (non-hydrogen) atoms. The average molecular weight is 145 g/mol. The second kappa shape index (κ2) is 3.56. The van der Waals surface area contributed by atoms with Gasteiger partial charge in [0.05, 0.1) is 0 Å². The molecule has 60 valence electrons. The van der Waals surface area contributed by atoms with Gasteiger partial charge in [-0.25, -0.2) is 0 Å². The Morgan fingerprint density at radius 3 is 2.20 bits per heavy atom. The Morgan fingerprint density at radius 1 is 1.60 bits per heavy atom. The largest absolute Gasteiger partial charge is 0.463 e. The number of carbonyl (C=O) groups excluding carboxylic acids is 1. The Labute approximate surface area is 61.5 Å². The Kier molecular flexibility index (Phi) is 3.36. The van der Waals surface area contributed by atoms with Crippen LogP contribution in [0, 0.1) is 5.41 Å². The van der Waals surface area contributed by atoms with E-state index in [9.17, 15) is 4.79 Å². The van der Waals surface area contributed by atoms with Crippen LogP contribution in [0.5, 0.6) is 0 Å². The number of carbonyl (C=O) groups is 1. The summed E-state index contributed by atoms with van der Waals surface area (Å²) >= 11 is 0. The van der Waals surface area contributed by atoms with E-state index >= 15 is 0 Å².